The Morgan fingerprint density at radius 2 is 1.86 bits per heavy atom. The largest absolute Gasteiger partial charge is 0.497 e. The van der Waals surface area contributed by atoms with E-state index < -0.39 is 0 Å². The van der Waals surface area contributed by atoms with E-state index in [0.29, 0.717) is 21.8 Å². The number of hydrogen-bond donors (Lipinski definition) is 1. The molecule has 0 fully saturated rings. The second-order valence-electron chi connectivity index (χ2n) is 6.21. The monoisotopic (exact) mass is 411 g/mol. The second kappa shape index (κ2) is 7.69. The van der Waals surface area contributed by atoms with Crippen LogP contribution in [-0.2, 0) is 5.75 Å². The molecule has 2 aromatic carbocycles. The van der Waals surface area contributed by atoms with E-state index in [2.05, 4.69) is 10.2 Å². The number of halogens is 1. The Balaban J connectivity index is 1.58. The Hall–Kier alpha value is -2.77. The van der Waals surface area contributed by atoms with Crippen molar-refractivity contribution in [3.8, 4) is 17.1 Å². The molecule has 6 nitrogen and oxygen atoms in total. The number of hydrogen-bond acceptors (Lipinski definition) is 6. The molecule has 8 heteroatoms. The van der Waals surface area contributed by atoms with E-state index in [-0.39, 0.29) is 0 Å². The van der Waals surface area contributed by atoms with Crippen molar-refractivity contribution in [1.29, 1.82) is 0 Å². The minimum absolute atomic E-state index is 0.544. The number of pyridine rings is 1. The van der Waals surface area contributed by atoms with E-state index in [0.717, 1.165) is 33.5 Å². The number of para-hydroxylation sites is 1. The molecule has 0 saturated carbocycles. The lowest BCUT2D eigenvalue weighted by Crippen LogP contribution is -2.11. The first kappa shape index (κ1) is 18.6. The Bertz CT molecular complexity index is 1140. The predicted octanol–water partition coefficient (Wildman–Crippen LogP) is 4.47. The summed E-state index contributed by atoms with van der Waals surface area (Å²) in [4.78, 5) is 4.70. The summed E-state index contributed by atoms with van der Waals surface area (Å²) < 4.78 is 6.66. The van der Waals surface area contributed by atoms with Gasteiger partial charge in [0, 0.05) is 16.7 Å². The number of aryl methyl sites for hydroxylation is 1. The second-order valence-corrected chi connectivity index (χ2v) is 7.53. The molecule has 28 heavy (non-hydrogen) atoms. The fourth-order valence-electron chi connectivity index (χ4n) is 2.96. The maximum Gasteiger partial charge on any atom is 0.210 e. The number of thioether (sulfide) groups is 1. The van der Waals surface area contributed by atoms with E-state index in [9.17, 15) is 0 Å². The topological polar surface area (TPSA) is 78.9 Å². The lowest BCUT2D eigenvalue weighted by atomic mass is 10.1. The van der Waals surface area contributed by atoms with E-state index in [1.807, 2.05) is 55.5 Å². The summed E-state index contributed by atoms with van der Waals surface area (Å²) in [5.41, 5.74) is 3.61. The average molecular weight is 412 g/mol. The molecule has 0 radical (unpaired) electrons. The van der Waals surface area contributed by atoms with Gasteiger partial charge in [-0.2, -0.15) is 0 Å². The molecular weight excluding hydrogens is 394 g/mol. The molecule has 2 N–H and O–H groups in total. The van der Waals surface area contributed by atoms with Gasteiger partial charge in [-0.3, -0.25) is 4.98 Å². The summed E-state index contributed by atoms with van der Waals surface area (Å²) >= 11 is 7.99. The number of methoxy groups -OCH3 is 1. The molecule has 0 bridgehead atoms. The molecule has 0 saturated heterocycles. The van der Waals surface area contributed by atoms with Crippen molar-refractivity contribution in [2.45, 2.75) is 17.8 Å². The van der Waals surface area contributed by atoms with Gasteiger partial charge in [0.2, 0.25) is 5.16 Å². The zero-order valence-corrected chi connectivity index (χ0v) is 17.0. The lowest BCUT2D eigenvalue weighted by molar-refractivity contribution is 0.415. The summed E-state index contributed by atoms with van der Waals surface area (Å²) in [6.45, 7) is 2.01. The number of benzene rings is 2. The molecule has 0 aliphatic heterocycles. The third-order valence-electron chi connectivity index (χ3n) is 4.50. The van der Waals surface area contributed by atoms with Crippen LogP contribution in [0.5, 0.6) is 5.75 Å². The maximum absolute atomic E-state index is 6.55. The van der Waals surface area contributed by atoms with Gasteiger partial charge in [-0.15, -0.1) is 10.2 Å². The van der Waals surface area contributed by atoms with Crippen LogP contribution in [0.3, 0.4) is 0 Å². The molecule has 0 atom stereocenters. The summed E-state index contributed by atoms with van der Waals surface area (Å²) in [7, 11) is 1.63. The molecule has 0 aliphatic carbocycles. The lowest BCUT2D eigenvalue weighted by Gasteiger charge is -2.10. The standard InChI is InChI=1S/C20H18ClN5OS/c1-12-15-5-3-4-6-16(15)23-17(18(12)21)11-28-20-25-24-19(26(20)22)13-7-9-14(27-2)10-8-13/h3-10H,11,22H2,1-2H3. The van der Waals surface area contributed by atoms with Crippen LogP contribution in [0.25, 0.3) is 22.3 Å². The number of aromatic nitrogens is 4. The van der Waals surface area contributed by atoms with Crippen LogP contribution in [0, 0.1) is 6.92 Å². The zero-order valence-electron chi connectivity index (χ0n) is 15.4. The van der Waals surface area contributed by atoms with Crippen LogP contribution < -0.4 is 10.6 Å². The molecule has 0 aliphatic rings. The van der Waals surface area contributed by atoms with Crippen molar-refractivity contribution in [1.82, 2.24) is 19.9 Å². The molecule has 2 heterocycles. The van der Waals surface area contributed by atoms with Gasteiger partial charge in [-0.1, -0.05) is 41.6 Å². The van der Waals surface area contributed by atoms with Gasteiger partial charge in [0.25, 0.3) is 0 Å². The van der Waals surface area contributed by atoms with Crippen molar-refractivity contribution in [3.63, 3.8) is 0 Å². The molecule has 4 aromatic rings. The number of fused-ring (bicyclic) bond motifs is 1. The smallest absolute Gasteiger partial charge is 0.210 e. The van der Waals surface area contributed by atoms with Crippen LogP contribution >= 0.6 is 23.4 Å². The predicted molar refractivity (Wildman–Crippen MR) is 113 cm³/mol. The van der Waals surface area contributed by atoms with Gasteiger partial charge in [-0.05, 0) is 42.8 Å². The van der Waals surface area contributed by atoms with Crippen LogP contribution in [0.15, 0.2) is 53.7 Å². The first-order valence-electron chi connectivity index (χ1n) is 8.60. The molecule has 0 unspecified atom stereocenters. The molecular formula is C20H18ClN5OS. The van der Waals surface area contributed by atoms with Crippen LogP contribution in [-0.4, -0.2) is 27.0 Å². The highest BCUT2D eigenvalue weighted by Gasteiger charge is 2.15. The van der Waals surface area contributed by atoms with Crippen molar-refractivity contribution in [2.24, 2.45) is 0 Å². The van der Waals surface area contributed by atoms with Gasteiger partial charge in [0.1, 0.15) is 5.75 Å². The van der Waals surface area contributed by atoms with E-state index in [4.69, 9.17) is 27.2 Å². The van der Waals surface area contributed by atoms with Crippen LogP contribution in [0.2, 0.25) is 5.02 Å². The fraction of sp³-hybridized carbons (Fsp3) is 0.150. The average Bonchev–Trinajstić information content (AvgIpc) is 3.10. The molecule has 142 valence electrons. The molecule has 4 rings (SSSR count). The van der Waals surface area contributed by atoms with Crippen LogP contribution in [0.1, 0.15) is 11.3 Å². The molecule has 2 aromatic heterocycles. The summed E-state index contributed by atoms with van der Waals surface area (Å²) in [5, 5.41) is 10.8. The highest BCUT2D eigenvalue weighted by molar-refractivity contribution is 7.98. The molecule has 0 spiro atoms. The number of nitrogens with two attached hydrogens (primary N) is 1. The summed E-state index contributed by atoms with van der Waals surface area (Å²) in [5.74, 6) is 8.11. The van der Waals surface area contributed by atoms with E-state index in [1.54, 1.807) is 7.11 Å². The first-order valence-corrected chi connectivity index (χ1v) is 9.96. The number of nitrogen functional groups attached to an aromatic ring is 1. The van der Waals surface area contributed by atoms with Gasteiger partial charge in [-0.25, -0.2) is 4.68 Å². The fourth-order valence-corrected chi connectivity index (χ4v) is 4.05. The van der Waals surface area contributed by atoms with Gasteiger partial charge in [0.05, 0.1) is 23.3 Å². The van der Waals surface area contributed by atoms with Crippen molar-refractivity contribution in [3.05, 3.63) is 64.8 Å². The van der Waals surface area contributed by atoms with Crippen molar-refractivity contribution >= 4 is 34.3 Å². The highest BCUT2D eigenvalue weighted by atomic mass is 35.5. The Morgan fingerprint density at radius 1 is 1.11 bits per heavy atom. The minimum Gasteiger partial charge on any atom is -0.497 e. The van der Waals surface area contributed by atoms with Crippen molar-refractivity contribution in [2.75, 3.05) is 13.0 Å². The normalized spacial score (nSPS) is 11.1. The zero-order chi connectivity index (χ0) is 19.7. The first-order chi connectivity index (χ1) is 13.6. The van der Waals surface area contributed by atoms with Gasteiger partial charge in [0.15, 0.2) is 5.82 Å². The quantitative estimate of drug-likeness (QED) is 0.385. The number of nitrogens with zero attached hydrogens (tertiary/aromatic N) is 4. The number of rotatable bonds is 5. The van der Waals surface area contributed by atoms with E-state index in [1.165, 1.54) is 16.4 Å². The molecule has 0 amide bonds. The van der Waals surface area contributed by atoms with Crippen molar-refractivity contribution < 1.29 is 4.74 Å². The highest BCUT2D eigenvalue weighted by Crippen LogP contribution is 2.31. The van der Waals surface area contributed by atoms with Gasteiger partial charge >= 0.3 is 0 Å². The summed E-state index contributed by atoms with van der Waals surface area (Å²) in [6, 6.07) is 15.5. The minimum atomic E-state index is 0.544. The third kappa shape index (κ3) is 3.39. The SMILES string of the molecule is COc1ccc(-c2nnc(SCc3nc4ccccc4c(C)c3Cl)n2N)cc1. The number of ether oxygens (including phenoxy) is 1. The summed E-state index contributed by atoms with van der Waals surface area (Å²) in [6.07, 6.45) is 0. The third-order valence-corrected chi connectivity index (χ3v) is 5.95. The Kier molecular flexibility index (Phi) is 5.11. The van der Waals surface area contributed by atoms with Gasteiger partial charge < -0.3 is 10.6 Å². The van der Waals surface area contributed by atoms with E-state index >= 15 is 0 Å². The Labute approximate surface area is 171 Å². The Morgan fingerprint density at radius 3 is 2.61 bits per heavy atom. The van der Waals surface area contributed by atoms with Crippen LogP contribution in [0.4, 0.5) is 0 Å². The maximum atomic E-state index is 6.55.